The Morgan fingerprint density at radius 1 is 1.31 bits per heavy atom. The predicted molar refractivity (Wildman–Crippen MR) is 86.6 cm³/mol. The van der Waals surface area contributed by atoms with Crippen molar-refractivity contribution < 1.29 is 42.7 Å². The average Bonchev–Trinajstić information content (AvgIpc) is 3.01. The fraction of sp³-hybridized carbons (Fsp3) is 0.353. The van der Waals surface area contributed by atoms with Crippen LogP contribution >= 0.6 is 0 Å². The molecule has 1 aliphatic heterocycles. The standard InChI is InChI=1S/C17H19N3O5.Li/c1-10-7-20(15(9-24-10)16(21)22)17(23)19-13-5-3-12(4-6-13)14-8-25-11(2)18-14;/h3-6,8,10,15H,7,9H2,1-2H3,(H,19,23)(H,21,22);/q;+1/p-1/t10-,15-;/m0./s1. The Morgan fingerprint density at radius 2 is 2.00 bits per heavy atom. The summed E-state index contributed by atoms with van der Waals surface area (Å²) in [6.45, 7) is 3.64. The van der Waals surface area contributed by atoms with Crippen molar-refractivity contribution in [3.8, 4) is 11.3 Å². The van der Waals surface area contributed by atoms with Crippen molar-refractivity contribution in [2.45, 2.75) is 26.0 Å². The van der Waals surface area contributed by atoms with Crippen LogP contribution in [0.3, 0.4) is 0 Å². The molecule has 1 aromatic carbocycles. The van der Waals surface area contributed by atoms with E-state index in [-0.39, 0.29) is 38.1 Å². The van der Waals surface area contributed by atoms with E-state index in [4.69, 9.17) is 9.15 Å². The molecule has 1 fully saturated rings. The molecule has 9 heteroatoms. The van der Waals surface area contributed by atoms with Gasteiger partial charge in [0.2, 0.25) is 0 Å². The molecule has 1 aromatic heterocycles. The number of urea groups is 1. The van der Waals surface area contributed by atoms with Gasteiger partial charge in [0.05, 0.1) is 24.7 Å². The molecule has 0 saturated carbocycles. The van der Waals surface area contributed by atoms with Crippen LogP contribution in [0.2, 0.25) is 0 Å². The number of carboxylic acid groups (broad SMARTS) is 1. The molecular formula is C17H18LiN3O5. The second kappa shape index (κ2) is 8.41. The molecule has 1 saturated heterocycles. The number of aryl methyl sites for hydroxylation is 1. The molecule has 1 aliphatic rings. The number of carbonyl (C=O) groups is 2. The Hall–Kier alpha value is -2.27. The van der Waals surface area contributed by atoms with Gasteiger partial charge in [0.25, 0.3) is 0 Å². The number of nitrogens with one attached hydrogen (secondary N) is 1. The zero-order valence-corrected chi connectivity index (χ0v) is 14.9. The second-order valence-electron chi connectivity index (χ2n) is 5.89. The van der Waals surface area contributed by atoms with Crippen LogP contribution < -0.4 is 29.3 Å². The number of aromatic nitrogens is 1. The van der Waals surface area contributed by atoms with Gasteiger partial charge < -0.3 is 29.3 Å². The average molecular weight is 351 g/mol. The molecule has 3 rings (SSSR count). The summed E-state index contributed by atoms with van der Waals surface area (Å²) < 4.78 is 10.5. The Balaban J connectivity index is 0.00000243. The zero-order chi connectivity index (χ0) is 18.0. The molecule has 2 amide bonds. The molecule has 2 heterocycles. The third-order valence-electron chi connectivity index (χ3n) is 3.95. The number of benzene rings is 1. The van der Waals surface area contributed by atoms with E-state index in [0.29, 0.717) is 17.3 Å². The van der Waals surface area contributed by atoms with Crippen LogP contribution in [-0.4, -0.2) is 47.2 Å². The van der Waals surface area contributed by atoms with Gasteiger partial charge >= 0.3 is 24.9 Å². The van der Waals surface area contributed by atoms with Crippen molar-refractivity contribution >= 4 is 17.7 Å². The number of oxazole rings is 1. The van der Waals surface area contributed by atoms with Crippen LogP contribution in [0.15, 0.2) is 34.9 Å². The number of aliphatic carboxylic acids is 1. The first-order valence-corrected chi connectivity index (χ1v) is 7.86. The molecule has 26 heavy (non-hydrogen) atoms. The van der Waals surface area contributed by atoms with E-state index in [0.717, 1.165) is 5.56 Å². The van der Waals surface area contributed by atoms with Crippen molar-refractivity contribution in [3.05, 3.63) is 36.4 Å². The van der Waals surface area contributed by atoms with Gasteiger partial charge in [-0.05, 0) is 19.1 Å². The number of hydrogen-bond acceptors (Lipinski definition) is 6. The van der Waals surface area contributed by atoms with Crippen LogP contribution in [0.5, 0.6) is 0 Å². The fourth-order valence-corrected chi connectivity index (χ4v) is 2.64. The van der Waals surface area contributed by atoms with E-state index in [1.807, 2.05) is 0 Å². The molecule has 0 spiro atoms. The number of morpholine rings is 1. The number of rotatable bonds is 3. The summed E-state index contributed by atoms with van der Waals surface area (Å²) in [5.41, 5.74) is 2.10. The van der Waals surface area contributed by atoms with E-state index in [1.165, 1.54) is 4.90 Å². The van der Waals surface area contributed by atoms with Crippen LogP contribution in [0.25, 0.3) is 11.3 Å². The summed E-state index contributed by atoms with van der Waals surface area (Å²) in [6, 6.07) is 5.42. The Morgan fingerprint density at radius 3 is 2.58 bits per heavy atom. The van der Waals surface area contributed by atoms with Gasteiger partial charge in [-0.15, -0.1) is 0 Å². The van der Waals surface area contributed by atoms with Gasteiger partial charge in [-0.25, -0.2) is 9.78 Å². The van der Waals surface area contributed by atoms with Gasteiger partial charge in [-0.2, -0.15) is 0 Å². The number of anilines is 1. The molecule has 0 aliphatic carbocycles. The summed E-state index contributed by atoms with van der Waals surface area (Å²) in [4.78, 5) is 29.1. The smallest absolute Gasteiger partial charge is 0.548 e. The van der Waals surface area contributed by atoms with Crippen LogP contribution in [0, 0.1) is 6.92 Å². The van der Waals surface area contributed by atoms with E-state index in [1.54, 1.807) is 44.4 Å². The van der Waals surface area contributed by atoms with Crippen molar-refractivity contribution in [3.63, 3.8) is 0 Å². The maximum absolute atomic E-state index is 12.4. The molecule has 2 atom stereocenters. The maximum Gasteiger partial charge on any atom is 1.00 e. The molecule has 0 unspecified atom stereocenters. The second-order valence-corrected chi connectivity index (χ2v) is 5.89. The van der Waals surface area contributed by atoms with Gasteiger partial charge in [0, 0.05) is 24.7 Å². The number of carbonyl (C=O) groups excluding carboxylic acids is 2. The Labute approximate surface area is 162 Å². The summed E-state index contributed by atoms with van der Waals surface area (Å²) >= 11 is 0. The summed E-state index contributed by atoms with van der Waals surface area (Å²) in [7, 11) is 0. The monoisotopic (exact) mass is 351 g/mol. The minimum atomic E-state index is -1.33. The Bertz CT molecular complexity index is 777. The van der Waals surface area contributed by atoms with E-state index < -0.39 is 18.0 Å². The minimum Gasteiger partial charge on any atom is -0.548 e. The summed E-state index contributed by atoms with van der Waals surface area (Å²) in [6.07, 6.45) is 1.32. The largest absolute Gasteiger partial charge is 1.00 e. The third kappa shape index (κ3) is 4.46. The van der Waals surface area contributed by atoms with Gasteiger partial charge in [-0.3, -0.25) is 0 Å². The van der Waals surface area contributed by atoms with Crippen molar-refractivity contribution in [2.24, 2.45) is 0 Å². The number of ether oxygens (including phenoxy) is 1. The number of amides is 2. The normalized spacial score (nSPS) is 19.5. The van der Waals surface area contributed by atoms with Crippen molar-refractivity contribution in [2.75, 3.05) is 18.5 Å². The van der Waals surface area contributed by atoms with Gasteiger partial charge in [0.15, 0.2) is 5.89 Å². The van der Waals surface area contributed by atoms with Crippen molar-refractivity contribution in [1.82, 2.24) is 9.88 Å². The first-order valence-electron chi connectivity index (χ1n) is 7.86. The quantitative estimate of drug-likeness (QED) is 0.643. The van der Waals surface area contributed by atoms with E-state index in [9.17, 15) is 14.7 Å². The molecule has 1 N–H and O–H groups in total. The third-order valence-corrected chi connectivity index (χ3v) is 3.95. The van der Waals surface area contributed by atoms with Crippen molar-refractivity contribution in [1.29, 1.82) is 0 Å². The fourth-order valence-electron chi connectivity index (χ4n) is 2.64. The number of hydrogen-bond donors (Lipinski definition) is 1. The minimum absolute atomic E-state index is 0. The first-order chi connectivity index (χ1) is 11.9. The van der Waals surface area contributed by atoms with Gasteiger partial charge in [-0.1, -0.05) is 12.1 Å². The molecule has 8 nitrogen and oxygen atoms in total. The predicted octanol–water partition coefficient (Wildman–Crippen LogP) is -1.97. The molecule has 0 bridgehead atoms. The summed E-state index contributed by atoms with van der Waals surface area (Å²) in [5.74, 6) is -0.763. The Kier molecular flexibility index (Phi) is 6.48. The first kappa shape index (κ1) is 20.0. The summed E-state index contributed by atoms with van der Waals surface area (Å²) in [5, 5.41) is 13.9. The topological polar surface area (TPSA) is 108 Å². The van der Waals surface area contributed by atoms with E-state index >= 15 is 0 Å². The number of nitrogens with zero attached hydrogens (tertiary/aromatic N) is 2. The molecule has 132 valence electrons. The van der Waals surface area contributed by atoms with Crippen LogP contribution in [-0.2, 0) is 9.53 Å². The molecule has 2 aromatic rings. The molecule has 0 radical (unpaired) electrons. The SMILES string of the molecule is Cc1nc(-c2ccc(NC(=O)N3C[C@H](C)OC[C@H]3C(=O)[O-])cc2)co1.[Li+]. The van der Waals surface area contributed by atoms with Crippen LogP contribution in [0.1, 0.15) is 12.8 Å². The van der Waals surface area contributed by atoms with Crippen LogP contribution in [0.4, 0.5) is 10.5 Å². The number of carboxylic acids is 1. The zero-order valence-electron chi connectivity index (χ0n) is 14.9. The molecular weight excluding hydrogens is 333 g/mol. The maximum atomic E-state index is 12.4. The van der Waals surface area contributed by atoms with Gasteiger partial charge in [0.1, 0.15) is 12.0 Å². The van der Waals surface area contributed by atoms with E-state index in [2.05, 4.69) is 10.3 Å².